The first-order valence-electron chi connectivity index (χ1n) is 8.88. The Kier molecular flexibility index (Phi) is 5.88. The molecule has 1 aromatic carbocycles. The van der Waals surface area contributed by atoms with Gasteiger partial charge < -0.3 is 4.90 Å². The van der Waals surface area contributed by atoms with Gasteiger partial charge in [0.05, 0.1) is 0 Å². The van der Waals surface area contributed by atoms with Crippen LogP contribution >= 0.6 is 0 Å². The maximum atomic E-state index is 12.9. The van der Waals surface area contributed by atoms with Crippen molar-refractivity contribution in [3.8, 4) is 0 Å². The minimum atomic E-state index is -3.45. The standard InChI is InChI=1S/C19H24FN3O2S/c1-22(14-11-16-5-7-17(20)8-6-16)19-10-9-18(15-21-19)26(24,25)23-12-3-2-4-13-23/h5-10,15H,2-4,11-14H2,1H3. The number of aromatic nitrogens is 1. The fourth-order valence-electron chi connectivity index (χ4n) is 3.07. The van der Waals surface area contributed by atoms with E-state index in [0.29, 0.717) is 25.5 Å². The van der Waals surface area contributed by atoms with Crippen molar-refractivity contribution < 1.29 is 12.8 Å². The Labute approximate surface area is 154 Å². The molecule has 7 heteroatoms. The number of rotatable bonds is 6. The molecule has 26 heavy (non-hydrogen) atoms. The number of likely N-dealkylation sites (N-methyl/N-ethyl adjacent to an activating group) is 1. The zero-order valence-corrected chi connectivity index (χ0v) is 15.8. The normalized spacial score (nSPS) is 15.8. The van der Waals surface area contributed by atoms with Crippen molar-refractivity contribution >= 4 is 15.8 Å². The van der Waals surface area contributed by atoms with Gasteiger partial charge in [-0.3, -0.25) is 0 Å². The molecule has 2 aromatic rings. The Hall–Kier alpha value is -1.99. The van der Waals surface area contributed by atoms with E-state index in [9.17, 15) is 12.8 Å². The van der Waals surface area contributed by atoms with E-state index < -0.39 is 10.0 Å². The zero-order valence-electron chi connectivity index (χ0n) is 14.9. The highest BCUT2D eigenvalue weighted by atomic mass is 32.2. The molecule has 0 aliphatic carbocycles. The lowest BCUT2D eigenvalue weighted by molar-refractivity contribution is 0.346. The second-order valence-electron chi connectivity index (χ2n) is 6.61. The molecule has 0 N–H and O–H groups in total. The van der Waals surface area contributed by atoms with E-state index in [2.05, 4.69) is 4.98 Å². The van der Waals surface area contributed by atoms with E-state index in [1.807, 2.05) is 11.9 Å². The van der Waals surface area contributed by atoms with Gasteiger partial charge in [-0.05, 0) is 49.1 Å². The second kappa shape index (κ2) is 8.14. The van der Waals surface area contributed by atoms with Crippen LogP contribution in [0.1, 0.15) is 24.8 Å². The number of hydrogen-bond acceptors (Lipinski definition) is 4. The molecule has 3 rings (SSSR count). The molecule has 0 saturated carbocycles. The summed E-state index contributed by atoms with van der Waals surface area (Å²) in [5.74, 6) is 0.471. The predicted molar refractivity (Wildman–Crippen MR) is 100 cm³/mol. The molecule has 0 radical (unpaired) electrons. The third kappa shape index (κ3) is 4.40. The Morgan fingerprint density at radius 1 is 1.08 bits per heavy atom. The van der Waals surface area contributed by atoms with Crippen LogP contribution in [0.4, 0.5) is 10.2 Å². The summed E-state index contributed by atoms with van der Waals surface area (Å²) in [4.78, 5) is 6.53. The topological polar surface area (TPSA) is 53.5 Å². The number of pyridine rings is 1. The van der Waals surface area contributed by atoms with Crippen LogP contribution in [0.5, 0.6) is 0 Å². The smallest absolute Gasteiger partial charge is 0.244 e. The van der Waals surface area contributed by atoms with E-state index in [0.717, 1.165) is 31.2 Å². The summed E-state index contributed by atoms with van der Waals surface area (Å²) in [6.07, 6.45) is 5.11. The van der Waals surface area contributed by atoms with Crippen molar-refractivity contribution in [2.75, 3.05) is 31.6 Å². The van der Waals surface area contributed by atoms with Crippen LogP contribution in [0.3, 0.4) is 0 Å². The molecule has 2 heterocycles. The largest absolute Gasteiger partial charge is 0.359 e. The second-order valence-corrected chi connectivity index (χ2v) is 8.55. The van der Waals surface area contributed by atoms with E-state index in [-0.39, 0.29) is 10.7 Å². The van der Waals surface area contributed by atoms with Gasteiger partial charge in [0.15, 0.2) is 0 Å². The van der Waals surface area contributed by atoms with E-state index in [1.54, 1.807) is 28.6 Å². The van der Waals surface area contributed by atoms with Gasteiger partial charge in [-0.25, -0.2) is 17.8 Å². The number of hydrogen-bond donors (Lipinski definition) is 0. The molecule has 1 saturated heterocycles. The fourth-order valence-corrected chi connectivity index (χ4v) is 4.53. The highest BCUT2D eigenvalue weighted by molar-refractivity contribution is 7.89. The monoisotopic (exact) mass is 377 g/mol. The van der Waals surface area contributed by atoms with E-state index in [4.69, 9.17) is 0 Å². The number of piperidine rings is 1. The molecule has 0 unspecified atom stereocenters. The van der Waals surface area contributed by atoms with Crippen molar-refractivity contribution in [1.82, 2.24) is 9.29 Å². The number of benzene rings is 1. The first-order chi connectivity index (χ1) is 12.5. The lowest BCUT2D eigenvalue weighted by Gasteiger charge is -2.26. The van der Waals surface area contributed by atoms with Gasteiger partial charge in [-0.1, -0.05) is 18.6 Å². The Morgan fingerprint density at radius 3 is 2.38 bits per heavy atom. The molecule has 1 aromatic heterocycles. The molecular formula is C19H24FN3O2S. The minimum Gasteiger partial charge on any atom is -0.359 e. The maximum Gasteiger partial charge on any atom is 0.244 e. The van der Waals surface area contributed by atoms with Crippen LogP contribution in [0.2, 0.25) is 0 Å². The van der Waals surface area contributed by atoms with Crippen LogP contribution in [0.25, 0.3) is 0 Å². The summed E-state index contributed by atoms with van der Waals surface area (Å²) in [5, 5.41) is 0. The van der Waals surface area contributed by atoms with Crippen molar-refractivity contribution in [3.05, 3.63) is 54.0 Å². The van der Waals surface area contributed by atoms with Gasteiger partial charge in [0.25, 0.3) is 0 Å². The molecule has 1 aliphatic rings. The van der Waals surface area contributed by atoms with Crippen molar-refractivity contribution in [1.29, 1.82) is 0 Å². The molecule has 1 fully saturated rings. The average Bonchev–Trinajstić information content (AvgIpc) is 2.68. The third-order valence-corrected chi connectivity index (χ3v) is 6.60. The Bertz CT molecular complexity index is 817. The predicted octanol–water partition coefficient (Wildman–Crippen LogP) is 3.07. The molecule has 1 aliphatic heterocycles. The Morgan fingerprint density at radius 2 is 1.77 bits per heavy atom. The van der Waals surface area contributed by atoms with E-state index >= 15 is 0 Å². The summed E-state index contributed by atoms with van der Waals surface area (Å²) in [6.45, 7) is 1.88. The Balaban J connectivity index is 1.63. The first-order valence-corrected chi connectivity index (χ1v) is 10.3. The summed E-state index contributed by atoms with van der Waals surface area (Å²) in [6, 6.07) is 9.81. The molecule has 0 amide bonds. The number of nitrogens with zero attached hydrogens (tertiary/aromatic N) is 3. The summed E-state index contributed by atoms with van der Waals surface area (Å²) in [5.41, 5.74) is 1.04. The molecule has 0 atom stereocenters. The van der Waals surface area contributed by atoms with Gasteiger partial charge in [-0.2, -0.15) is 4.31 Å². The fraction of sp³-hybridized carbons (Fsp3) is 0.421. The van der Waals surface area contributed by atoms with E-state index in [1.165, 1.54) is 18.3 Å². The molecule has 140 valence electrons. The summed E-state index contributed by atoms with van der Waals surface area (Å²) < 4.78 is 39.8. The third-order valence-electron chi connectivity index (χ3n) is 4.71. The van der Waals surface area contributed by atoms with Gasteiger partial charge in [0.1, 0.15) is 16.5 Å². The highest BCUT2D eigenvalue weighted by Gasteiger charge is 2.26. The van der Waals surface area contributed by atoms with Gasteiger partial charge in [-0.15, -0.1) is 0 Å². The van der Waals surface area contributed by atoms with Gasteiger partial charge >= 0.3 is 0 Å². The van der Waals surface area contributed by atoms with Crippen LogP contribution < -0.4 is 4.90 Å². The van der Waals surface area contributed by atoms with Crippen molar-refractivity contribution in [2.45, 2.75) is 30.6 Å². The maximum absolute atomic E-state index is 12.9. The van der Waals surface area contributed by atoms with Crippen LogP contribution in [-0.4, -0.2) is 44.4 Å². The number of sulfonamides is 1. The van der Waals surface area contributed by atoms with Crippen molar-refractivity contribution in [2.24, 2.45) is 0 Å². The molecule has 0 bridgehead atoms. The SMILES string of the molecule is CN(CCc1ccc(F)cc1)c1ccc(S(=O)(=O)N2CCCCC2)cn1. The van der Waals surface area contributed by atoms with Gasteiger partial charge in [0, 0.05) is 32.9 Å². The van der Waals surface area contributed by atoms with Crippen LogP contribution in [0, 0.1) is 5.82 Å². The van der Waals surface area contributed by atoms with Gasteiger partial charge in [0.2, 0.25) is 10.0 Å². The van der Waals surface area contributed by atoms with Crippen molar-refractivity contribution in [3.63, 3.8) is 0 Å². The van der Waals surface area contributed by atoms with Crippen LogP contribution in [-0.2, 0) is 16.4 Å². The quantitative estimate of drug-likeness (QED) is 0.776. The highest BCUT2D eigenvalue weighted by Crippen LogP contribution is 2.21. The zero-order chi connectivity index (χ0) is 18.6. The summed E-state index contributed by atoms with van der Waals surface area (Å²) in [7, 11) is -1.54. The first kappa shape index (κ1) is 18.8. The lowest BCUT2D eigenvalue weighted by Crippen LogP contribution is -2.35. The summed E-state index contributed by atoms with van der Waals surface area (Å²) >= 11 is 0. The molecule has 0 spiro atoms. The number of halogens is 1. The minimum absolute atomic E-state index is 0.241. The number of anilines is 1. The average molecular weight is 377 g/mol. The molecule has 5 nitrogen and oxygen atoms in total. The van der Waals surface area contributed by atoms with Crippen LogP contribution in [0.15, 0.2) is 47.5 Å². The lowest BCUT2D eigenvalue weighted by atomic mass is 10.1. The molecular weight excluding hydrogens is 353 g/mol.